The molecule has 3 aromatic heterocycles. The van der Waals surface area contributed by atoms with E-state index in [1.807, 2.05) is 72.8 Å². The fourth-order valence-corrected chi connectivity index (χ4v) is 6.79. The second-order valence-electron chi connectivity index (χ2n) is 12.4. The Morgan fingerprint density at radius 1 is 0.260 bits per heavy atom. The molecule has 0 fully saturated rings. The molecule has 0 aliphatic rings. The Labute approximate surface area is 287 Å². The highest BCUT2D eigenvalue weighted by Gasteiger charge is 2.14. The largest absolute Gasteiger partial charge is 0.456 e. The minimum Gasteiger partial charge on any atom is -0.456 e. The Bertz CT molecular complexity index is 2850. The van der Waals surface area contributed by atoms with Crippen molar-refractivity contribution in [3.63, 3.8) is 0 Å². The molecule has 10 aromatic rings. The highest BCUT2D eigenvalue weighted by Crippen LogP contribution is 2.35. The Balaban J connectivity index is 1.00. The maximum atomic E-state index is 6.15. The first kappa shape index (κ1) is 28.2. The molecule has 0 atom stereocenters. The lowest BCUT2D eigenvalue weighted by Gasteiger charge is -2.10. The molecule has 50 heavy (non-hydrogen) atoms. The lowest BCUT2D eigenvalue weighted by atomic mass is 10.0. The third-order valence-corrected chi connectivity index (χ3v) is 9.38. The number of hydrogen-bond acceptors (Lipinski definition) is 5. The monoisotopic (exact) mass is 641 g/mol. The van der Waals surface area contributed by atoms with Crippen LogP contribution in [0.3, 0.4) is 0 Å². The van der Waals surface area contributed by atoms with Gasteiger partial charge in [0, 0.05) is 38.2 Å². The predicted octanol–water partition coefficient (Wildman–Crippen LogP) is 12.0. The van der Waals surface area contributed by atoms with Gasteiger partial charge in [-0.1, -0.05) is 127 Å². The van der Waals surface area contributed by atoms with Gasteiger partial charge in [-0.3, -0.25) is 0 Å². The highest BCUT2D eigenvalue weighted by molar-refractivity contribution is 6.07. The first-order valence-corrected chi connectivity index (χ1v) is 16.6. The van der Waals surface area contributed by atoms with E-state index in [2.05, 4.69) is 91.0 Å². The molecule has 0 N–H and O–H groups in total. The van der Waals surface area contributed by atoms with E-state index in [1.165, 1.54) is 0 Å². The molecule has 7 aromatic carbocycles. The van der Waals surface area contributed by atoms with Crippen LogP contribution in [0, 0.1) is 0 Å². The molecular formula is C45H27N3O2. The van der Waals surface area contributed by atoms with Crippen LogP contribution in [0.2, 0.25) is 0 Å². The number of furan rings is 2. The summed E-state index contributed by atoms with van der Waals surface area (Å²) in [6.07, 6.45) is 0. The average molecular weight is 642 g/mol. The standard InChI is InChI=1S/C45H27N3O2/c1-2-8-30(9-3-1)43-46-44(31-18-14-28(15-19-31)33-23-25-41-38(26-33)36-11-5-7-13-40(36)49-41)48-45(47-43)32-20-16-29(17-21-32)34-22-24-37-35-10-4-6-12-39(35)50-42(37)27-34/h1-27H. The van der Waals surface area contributed by atoms with E-state index >= 15 is 0 Å². The summed E-state index contributed by atoms with van der Waals surface area (Å²) in [5.41, 5.74) is 10.7. The van der Waals surface area contributed by atoms with Crippen molar-refractivity contribution in [2.45, 2.75) is 0 Å². The van der Waals surface area contributed by atoms with Crippen molar-refractivity contribution in [3.8, 4) is 56.4 Å². The number of benzene rings is 7. The van der Waals surface area contributed by atoms with Crippen molar-refractivity contribution in [1.82, 2.24) is 15.0 Å². The molecule has 0 saturated heterocycles. The SMILES string of the molecule is c1ccc(-c2nc(-c3ccc(-c4ccc5c(c4)oc4ccccc45)cc3)nc(-c3ccc(-c4ccc5oc6ccccc6c5c4)cc3)n2)cc1. The summed E-state index contributed by atoms with van der Waals surface area (Å²) in [5, 5.41) is 4.47. The fourth-order valence-electron chi connectivity index (χ4n) is 6.79. The van der Waals surface area contributed by atoms with Crippen LogP contribution in [0.25, 0.3) is 100 Å². The van der Waals surface area contributed by atoms with Gasteiger partial charge in [-0.2, -0.15) is 0 Å². The molecule has 5 nitrogen and oxygen atoms in total. The number of fused-ring (bicyclic) bond motifs is 6. The maximum absolute atomic E-state index is 6.15. The molecule has 10 rings (SSSR count). The summed E-state index contributed by atoms with van der Waals surface area (Å²) in [7, 11) is 0. The molecule has 3 heterocycles. The van der Waals surface area contributed by atoms with Crippen molar-refractivity contribution in [3.05, 3.63) is 164 Å². The quantitative estimate of drug-likeness (QED) is 0.187. The van der Waals surface area contributed by atoms with E-state index in [0.717, 1.165) is 82.8 Å². The normalized spacial score (nSPS) is 11.6. The Kier molecular flexibility index (Phi) is 6.42. The second kappa shape index (κ2) is 11.4. The van der Waals surface area contributed by atoms with Gasteiger partial charge in [0.25, 0.3) is 0 Å². The Morgan fingerprint density at radius 3 is 1.28 bits per heavy atom. The molecule has 5 heteroatoms. The van der Waals surface area contributed by atoms with Gasteiger partial charge in [-0.05, 0) is 58.7 Å². The van der Waals surface area contributed by atoms with E-state index in [4.69, 9.17) is 23.8 Å². The van der Waals surface area contributed by atoms with E-state index in [1.54, 1.807) is 0 Å². The van der Waals surface area contributed by atoms with Gasteiger partial charge < -0.3 is 8.83 Å². The molecule has 0 saturated carbocycles. The van der Waals surface area contributed by atoms with Gasteiger partial charge in [-0.25, -0.2) is 15.0 Å². The maximum Gasteiger partial charge on any atom is 0.164 e. The molecule has 0 aliphatic carbocycles. The van der Waals surface area contributed by atoms with E-state index in [9.17, 15) is 0 Å². The molecule has 0 amide bonds. The third kappa shape index (κ3) is 4.83. The third-order valence-electron chi connectivity index (χ3n) is 9.38. The molecule has 0 aliphatic heterocycles. The minimum absolute atomic E-state index is 0.620. The van der Waals surface area contributed by atoms with Gasteiger partial charge >= 0.3 is 0 Å². The van der Waals surface area contributed by atoms with Crippen molar-refractivity contribution >= 4 is 43.9 Å². The van der Waals surface area contributed by atoms with Crippen molar-refractivity contribution in [2.75, 3.05) is 0 Å². The van der Waals surface area contributed by atoms with Gasteiger partial charge in [0.05, 0.1) is 0 Å². The minimum atomic E-state index is 0.620. The average Bonchev–Trinajstić information content (AvgIpc) is 3.76. The Morgan fingerprint density at radius 2 is 0.660 bits per heavy atom. The first-order valence-electron chi connectivity index (χ1n) is 16.6. The smallest absolute Gasteiger partial charge is 0.164 e. The fraction of sp³-hybridized carbons (Fsp3) is 0. The van der Waals surface area contributed by atoms with Crippen molar-refractivity contribution < 1.29 is 8.83 Å². The molecule has 0 radical (unpaired) electrons. The number of hydrogen-bond donors (Lipinski definition) is 0. The number of aromatic nitrogens is 3. The second-order valence-corrected chi connectivity index (χ2v) is 12.4. The van der Waals surface area contributed by atoms with Crippen molar-refractivity contribution in [1.29, 1.82) is 0 Å². The lowest BCUT2D eigenvalue weighted by molar-refractivity contribution is 0.668. The van der Waals surface area contributed by atoms with Crippen LogP contribution < -0.4 is 0 Å². The first-order chi connectivity index (χ1) is 24.7. The van der Waals surface area contributed by atoms with Crippen LogP contribution >= 0.6 is 0 Å². The number of para-hydroxylation sites is 2. The summed E-state index contributed by atoms with van der Waals surface area (Å²) in [6.45, 7) is 0. The lowest BCUT2D eigenvalue weighted by Crippen LogP contribution is -2.00. The van der Waals surface area contributed by atoms with E-state index in [0.29, 0.717) is 17.5 Å². The van der Waals surface area contributed by atoms with E-state index in [-0.39, 0.29) is 0 Å². The zero-order valence-electron chi connectivity index (χ0n) is 26.7. The molecule has 0 unspecified atom stereocenters. The number of rotatable bonds is 5. The van der Waals surface area contributed by atoms with Crippen LogP contribution in [0.15, 0.2) is 173 Å². The van der Waals surface area contributed by atoms with Crippen LogP contribution in [0.5, 0.6) is 0 Å². The van der Waals surface area contributed by atoms with Crippen LogP contribution in [-0.4, -0.2) is 15.0 Å². The summed E-state index contributed by atoms with van der Waals surface area (Å²) >= 11 is 0. The van der Waals surface area contributed by atoms with Crippen LogP contribution in [-0.2, 0) is 0 Å². The topological polar surface area (TPSA) is 65.0 Å². The molecule has 0 spiro atoms. The Hall–Kier alpha value is -6.85. The zero-order valence-corrected chi connectivity index (χ0v) is 26.7. The zero-order chi connectivity index (χ0) is 33.0. The summed E-state index contributed by atoms with van der Waals surface area (Å²) in [4.78, 5) is 14.9. The van der Waals surface area contributed by atoms with Gasteiger partial charge in [0.15, 0.2) is 17.5 Å². The summed E-state index contributed by atoms with van der Waals surface area (Å²) in [6, 6.07) is 55.9. The van der Waals surface area contributed by atoms with Gasteiger partial charge in [-0.15, -0.1) is 0 Å². The van der Waals surface area contributed by atoms with Gasteiger partial charge in [0.1, 0.15) is 22.3 Å². The summed E-state index contributed by atoms with van der Waals surface area (Å²) in [5.74, 6) is 1.87. The van der Waals surface area contributed by atoms with Gasteiger partial charge in [0.2, 0.25) is 0 Å². The van der Waals surface area contributed by atoms with Crippen LogP contribution in [0.4, 0.5) is 0 Å². The number of nitrogens with zero attached hydrogens (tertiary/aromatic N) is 3. The van der Waals surface area contributed by atoms with E-state index < -0.39 is 0 Å². The summed E-state index contributed by atoms with van der Waals surface area (Å²) < 4.78 is 12.2. The van der Waals surface area contributed by atoms with Crippen molar-refractivity contribution in [2.24, 2.45) is 0 Å². The molecular weight excluding hydrogens is 615 g/mol. The predicted molar refractivity (Wildman–Crippen MR) is 202 cm³/mol. The molecule has 0 bridgehead atoms. The van der Waals surface area contributed by atoms with Crippen LogP contribution in [0.1, 0.15) is 0 Å². The highest BCUT2D eigenvalue weighted by atomic mass is 16.3. The molecule has 234 valence electrons.